The van der Waals surface area contributed by atoms with Crippen LogP contribution in [0.1, 0.15) is 6.92 Å². The number of piperazine rings is 1. The summed E-state index contributed by atoms with van der Waals surface area (Å²) in [6, 6.07) is 2.24. The van der Waals surface area contributed by atoms with Crippen LogP contribution in [0, 0.1) is 11.6 Å². The summed E-state index contributed by atoms with van der Waals surface area (Å²) in [4.78, 5) is -0.474. The number of nitrogens with zero attached hydrogens (tertiary/aromatic N) is 1. The van der Waals surface area contributed by atoms with Crippen molar-refractivity contribution in [3.05, 3.63) is 29.8 Å². The van der Waals surface area contributed by atoms with E-state index in [1.165, 1.54) is 4.31 Å². The van der Waals surface area contributed by atoms with Crippen LogP contribution in [0.25, 0.3) is 0 Å². The van der Waals surface area contributed by atoms with Crippen molar-refractivity contribution >= 4 is 10.0 Å². The number of hydrogen-bond acceptors (Lipinski definition) is 3. The van der Waals surface area contributed by atoms with E-state index in [2.05, 4.69) is 5.32 Å². The van der Waals surface area contributed by atoms with Gasteiger partial charge in [-0.3, -0.25) is 0 Å². The van der Waals surface area contributed by atoms with Gasteiger partial charge in [-0.25, -0.2) is 17.2 Å². The zero-order chi connectivity index (χ0) is 13.3. The quantitative estimate of drug-likeness (QED) is 0.875. The topological polar surface area (TPSA) is 49.4 Å². The molecule has 1 N–H and O–H groups in total. The highest BCUT2D eigenvalue weighted by molar-refractivity contribution is 7.89. The van der Waals surface area contributed by atoms with E-state index in [0.717, 1.165) is 12.1 Å². The summed E-state index contributed by atoms with van der Waals surface area (Å²) in [5, 5.41) is 3.05. The molecule has 1 atom stereocenters. The predicted molar refractivity (Wildman–Crippen MR) is 62.6 cm³/mol. The number of halogens is 2. The van der Waals surface area contributed by atoms with Crippen LogP contribution in [-0.2, 0) is 10.0 Å². The molecule has 0 amide bonds. The number of rotatable bonds is 2. The van der Waals surface area contributed by atoms with Crippen molar-refractivity contribution in [2.45, 2.75) is 17.9 Å². The molecule has 18 heavy (non-hydrogen) atoms. The fourth-order valence-electron chi connectivity index (χ4n) is 1.99. The normalized spacial score (nSPS) is 22.1. The second-order valence-corrected chi connectivity index (χ2v) is 6.10. The minimum absolute atomic E-state index is 0.256. The average Bonchev–Trinajstić information content (AvgIpc) is 2.28. The van der Waals surface area contributed by atoms with Gasteiger partial charge in [0.2, 0.25) is 10.0 Å². The minimum Gasteiger partial charge on any atom is -0.314 e. The molecule has 0 saturated carbocycles. The van der Waals surface area contributed by atoms with E-state index in [1.807, 2.05) is 0 Å². The molecule has 1 aromatic carbocycles. The SMILES string of the molecule is C[C@@H]1CNCCN1S(=O)(=O)c1ccc(F)cc1F. The van der Waals surface area contributed by atoms with Gasteiger partial charge in [0.05, 0.1) is 0 Å². The van der Waals surface area contributed by atoms with Crippen molar-refractivity contribution in [2.24, 2.45) is 0 Å². The molecule has 0 aromatic heterocycles. The molecule has 7 heteroatoms. The van der Waals surface area contributed by atoms with E-state index in [0.29, 0.717) is 19.2 Å². The molecule has 2 rings (SSSR count). The fraction of sp³-hybridized carbons (Fsp3) is 0.455. The van der Waals surface area contributed by atoms with E-state index >= 15 is 0 Å². The van der Waals surface area contributed by atoms with E-state index in [1.54, 1.807) is 6.92 Å². The molecular weight excluding hydrogens is 262 g/mol. The molecule has 0 bridgehead atoms. The van der Waals surface area contributed by atoms with Gasteiger partial charge in [0.15, 0.2) is 0 Å². The molecule has 0 spiro atoms. The van der Waals surface area contributed by atoms with Crippen LogP contribution in [0.3, 0.4) is 0 Å². The second kappa shape index (κ2) is 4.91. The smallest absolute Gasteiger partial charge is 0.246 e. The fourth-order valence-corrected chi connectivity index (χ4v) is 3.67. The third-order valence-corrected chi connectivity index (χ3v) is 4.97. The first-order chi connectivity index (χ1) is 8.43. The van der Waals surface area contributed by atoms with Gasteiger partial charge in [-0.2, -0.15) is 4.31 Å². The maximum atomic E-state index is 13.6. The summed E-state index contributed by atoms with van der Waals surface area (Å²) < 4.78 is 52.1. The van der Waals surface area contributed by atoms with Crippen LogP contribution in [0.5, 0.6) is 0 Å². The molecule has 100 valence electrons. The van der Waals surface area contributed by atoms with Crippen LogP contribution < -0.4 is 5.32 Å². The van der Waals surface area contributed by atoms with Gasteiger partial charge in [0.1, 0.15) is 16.5 Å². The average molecular weight is 276 g/mol. The Morgan fingerprint density at radius 1 is 1.39 bits per heavy atom. The van der Waals surface area contributed by atoms with Crippen LogP contribution in [0.15, 0.2) is 23.1 Å². The lowest BCUT2D eigenvalue weighted by atomic mass is 10.3. The maximum Gasteiger partial charge on any atom is 0.246 e. The van der Waals surface area contributed by atoms with E-state index in [9.17, 15) is 17.2 Å². The Hall–Kier alpha value is -1.05. The first-order valence-electron chi connectivity index (χ1n) is 5.60. The standard InChI is InChI=1S/C11H14F2N2O2S/c1-8-7-14-4-5-15(8)18(16,17)11-3-2-9(12)6-10(11)13/h2-3,6,8,14H,4-5,7H2,1H3/t8-/m1/s1. The minimum atomic E-state index is -3.91. The second-order valence-electron chi connectivity index (χ2n) is 4.24. The number of benzene rings is 1. The highest BCUT2D eigenvalue weighted by Crippen LogP contribution is 2.22. The first kappa shape index (κ1) is 13.4. The van der Waals surface area contributed by atoms with Crippen molar-refractivity contribution < 1.29 is 17.2 Å². The highest BCUT2D eigenvalue weighted by atomic mass is 32.2. The van der Waals surface area contributed by atoms with Crippen molar-refractivity contribution in [2.75, 3.05) is 19.6 Å². The van der Waals surface area contributed by atoms with Gasteiger partial charge in [0.25, 0.3) is 0 Å². The maximum absolute atomic E-state index is 13.6. The third-order valence-electron chi connectivity index (χ3n) is 2.92. The van der Waals surface area contributed by atoms with Gasteiger partial charge in [-0.05, 0) is 19.1 Å². The molecule has 1 fully saturated rings. The van der Waals surface area contributed by atoms with E-state index in [4.69, 9.17) is 0 Å². The summed E-state index contributed by atoms with van der Waals surface area (Å²) in [5.74, 6) is -1.85. The Bertz CT molecular complexity index is 548. The summed E-state index contributed by atoms with van der Waals surface area (Å²) in [6.07, 6.45) is 0. The Morgan fingerprint density at radius 3 is 2.72 bits per heavy atom. The largest absolute Gasteiger partial charge is 0.314 e. The van der Waals surface area contributed by atoms with Crippen LogP contribution in [-0.4, -0.2) is 38.4 Å². The zero-order valence-electron chi connectivity index (χ0n) is 9.86. The van der Waals surface area contributed by atoms with Crippen molar-refractivity contribution in [1.29, 1.82) is 0 Å². The van der Waals surface area contributed by atoms with E-state index < -0.39 is 26.6 Å². The van der Waals surface area contributed by atoms with Crippen molar-refractivity contribution in [3.63, 3.8) is 0 Å². The summed E-state index contributed by atoms with van der Waals surface area (Å²) in [7, 11) is -3.91. The summed E-state index contributed by atoms with van der Waals surface area (Å²) in [6.45, 7) is 3.06. The molecule has 0 unspecified atom stereocenters. The van der Waals surface area contributed by atoms with Gasteiger partial charge in [-0.1, -0.05) is 0 Å². The molecule has 1 saturated heterocycles. The number of nitrogens with one attached hydrogen (secondary N) is 1. The molecule has 1 aliphatic rings. The molecule has 1 aliphatic heterocycles. The Kier molecular flexibility index (Phi) is 3.65. The third kappa shape index (κ3) is 2.38. The van der Waals surface area contributed by atoms with Crippen molar-refractivity contribution in [1.82, 2.24) is 9.62 Å². The molecule has 0 aliphatic carbocycles. The van der Waals surface area contributed by atoms with Crippen LogP contribution in [0.2, 0.25) is 0 Å². The number of sulfonamides is 1. The zero-order valence-corrected chi connectivity index (χ0v) is 10.7. The lowest BCUT2D eigenvalue weighted by Gasteiger charge is -2.32. The van der Waals surface area contributed by atoms with E-state index in [-0.39, 0.29) is 12.6 Å². The Morgan fingerprint density at radius 2 is 2.11 bits per heavy atom. The number of hydrogen-bond donors (Lipinski definition) is 1. The highest BCUT2D eigenvalue weighted by Gasteiger charge is 2.32. The van der Waals surface area contributed by atoms with Gasteiger partial charge in [0, 0.05) is 31.7 Å². The molecular formula is C11H14F2N2O2S. The van der Waals surface area contributed by atoms with Gasteiger partial charge in [-0.15, -0.1) is 0 Å². The molecule has 1 aromatic rings. The molecule has 4 nitrogen and oxygen atoms in total. The van der Waals surface area contributed by atoms with Crippen LogP contribution >= 0.6 is 0 Å². The first-order valence-corrected chi connectivity index (χ1v) is 7.04. The van der Waals surface area contributed by atoms with Crippen LogP contribution in [0.4, 0.5) is 8.78 Å². The molecule has 0 radical (unpaired) electrons. The Balaban J connectivity index is 2.41. The lowest BCUT2D eigenvalue weighted by Crippen LogP contribution is -2.52. The van der Waals surface area contributed by atoms with Gasteiger partial charge < -0.3 is 5.32 Å². The lowest BCUT2D eigenvalue weighted by molar-refractivity contribution is 0.283. The predicted octanol–water partition coefficient (Wildman–Crippen LogP) is 0.947. The van der Waals surface area contributed by atoms with Crippen molar-refractivity contribution in [3.8, 4) is 0 Å². The monoisotopic (exact) mass is 276 g/mol. The molecule has 1 heterocycles. The Labute approximate surface area is 105 Å². The summed E-state index contributed by atoms with van der Waals surface area (Å²) >= 11 is 0. The summed E-state index contributed by atoms with van der Waals surface area (Å²) in [5.41, 5.74) is 0. The van der Waals surface area contributed by atoms with Gasteiger partial charge >= 0.3 is 0 Å².